The van der Waals surface area contributed by atoms with Gasteiger partial charge in [0.2, 0.25) is 0 Å². The van der Waals surface area contributed by atoms with Crippen molar-refractivity contribution >= 4 is 5.82 Å². The molecular weight excluding hydrogens is 210 g/mol. The van der Waals surface area contributed by atoms with Crippen molar-refractivity contribution in [2.75, 3.05) is 5.73 Å². The zero-order chi connectivity index (χ0) is 12.3. The molecule has 90 valence electrons. The molecule has 0 spiro atoms. The van der Waals surface area contributed by atoms with E-state index in [2.05, 4.69) is 36.3 Å². The van der Waals surface area contributed by atoms with Gasteiger partial charge in [-0.15, -0.1) is 0 Å². The van der Waals surface area contributed by atoms with Crippen LogP contribution in [0.1, 0.15) is 31.0 Å². The Morgan fingerprint density at radius 3 is 2.47 bits per heavy atom. The Balaban J connectivity index is 2.20. The largest absolute Gasteiger partial charge is 0.382 e. The first-order valence-electron chi connectivity index (χ1n) is 6.12. The molecule has 0 aliphatic rings. The van der Waals surface area contributed by atoms with E-state index in [0.717, 1.165) is 17.8 Å². The summed E-state index contributed by atoms with van der Waals surface area (Å²) in [5.74, 6) is 0.567. The molecule has 1 heterocycles. The first-order valence-corrected chi connectivity index (χ1v) is 6.12. The van der Waals surface area contributed by atoms with Crippen molar-refractivity contribution in [3.8, 4) is 5.69 Å². The van der Waals surface area contributed by atoms with Crippen molar-refractivity contribution in [3.63, 3.8) is 0 Å². The lowest BCUT2D eigenvalue weighted by molar-refractivity contribution is 0.793. The smallest absolute Gasteiger partial charge is 0.146 e. The summed E-state index contributed by atoms with van der Waals surface area (Å²) in [6, 6.07) is 10.4. The number of nitrogen functional groups attached to an aromatic ring is 1. The second-order valence-electron chi connectivity index (χ2n) is 4.39. The Morgan fingerprint density at radius 1 is 1.24 bits per heavy atom. The van der Waals surface area contributed by atoms with Crippen molar-refractivity contribution in [2.24, 2.45) is 0 Å². The predicted molar refractivity (Wildman–Crippen MR) is 71.3 cm³/mol. The Morgan fingerprint density at radius 2 is 1.94 bits per heavy atom. The lowest BCUT2D eigenvalue weighted by Gasteiger charge is -2.05. The van der Waals surface area contributed by atoms with Crippen LogP contribution in [-0.2, 0) is 6.42 Å². The van der Waals surface area contributed by atoms with Gasteiger partial charge in [0.05, 0.1) is 5.69 Å². The van der Waals surface area contributed by atoms with Gasteiger partial charge in [-0.05, 0) is 37.5 Å². The number of nitrogens with zero attached hydrogens (tertiary/aromatic N) is 2. The molecular formula is C14H19N3. The van der Waals surface area contributed by atoms with Gasteiger partial charge in [-0.2, -0.15) is 5.10 Å². The molecule has 2 rings (SSSR count). The highest BCUT2D eigenvalue weighted by atomic mass is 15.3. The quantitative estimate of drug-likeness (QED) is 0.875. The van der Waals surface area contributed by atoms with E-state index in [1.165, 1.54) is 18.4 Å². The number of hydrogen-bond acceptors (Lipinski definition) is 2. The predicted octanol–water partition coefficient (Wildman–Crippen LogP) is 3.11. The van der Waals surface area contributed by atoms with Gasteiger partial charge in [0, 0.05) is 11.8 Å². The van der Waals surface area contributed by atoms with Crippen LogP contribution in [0.25, 0.3) is 5.69 Å². The zero-order valence-electron chi connectivity index (χ0n) is 10.5. The Hall–Kier alpha value is -1.77. The van der Waals surface area contributed by atoms with E-state index in [4.69, 9.17) is 5.73 Å². The molecule has 0 atom stereocenters. The number of aromatic nitrogens is 2. The van der Waals surface area contributed by atoms with Gasteiger partial charge in [-0.3, -0.25) is 0 Å². The van der Waals surface area contributed by atoms with Gasteiger partial charge in [-0.25, -0.2) is 4.68 Å². The summed E-state index contributed by atoms with van der Waals surface area (Å²) < 4.78 is 1.87. The number of nitrogens with two attached hydrogens (primary N) is 1. The average molecular weight is 229 g/mol. The molecule has 0 aliphatic carbocycles. The van der Waals surface area contributed by atoms with Crippen LogP contribution in [0.3, 0.4) is 0 Å². The van der Waals surface area contributed by atoms with E-state index < -0.39 is 0 Å². The van der Waals surface area contributed by atoms with E-state index in [9.17, 15) is 0 Å². The molecule has 0 saturated carbocycles. The minimum atomic E-state index is 0.567. The molecule has 0 unspecified atom stereocenters. The Labute approximate surface area is 102 Å². The lowest BCUT2D eigenvalue weighted by Crippen LogP contribution is -1.99. The summed E-state index contributed by atoms with van der Waals surface area (Å²) in [5, 5.41) is 4.27. The second-order valence-corrected chi connectivity index (χ2v) is 4.39. The number of rotatable bonds is 4. The first-order chi connectivity index (χ1) is 8.20. The van der Waals surface area contributed by atoms with Crippen molar-refractivity contribution < 1.29 is 0 Å². The number of hydrogen-bond donors (Lipinski definition) is 1. The third kappa shape index (κ3) is 2.67. The summed E-state index contributed by atoms with van der Waals surface area (Å²) in [5.41, 5.74) is 9.19. The van der Waals surface area contributed by atoms with Crippen molar-refractivity contribution in [3.05, 3.63) is 41.6 Å². The van der Waals surface area contributed by atoms with Crippen LogP contribution in [0.5, 0.6) is 0 Å². The summed E-state index contributed by atoms with van der Waals surface area (Å²) in [6.07, 6.45) is 3.63. The van der Waals surface area contributed by atoms with Gasteiger partial charge in [0.15, 0.2) is 0 Å². The number of unbranched alkanes of at least 4 members (excludes halogenated alkanes) is 1. The van der Waals surface area contributed by atoms with Crippen molar-refractivity contribution in [1.82, 2.24) is 9.78 Å². The standard InChI is InChI=1S/C14H19N3/c1-3-4-5-12-6-8-13(9-7-12)17-11(2)10-14(15)16-17/h6-10H,3-5H2,1-2H3,(H2,15,16). The third-order valence-corrected chi connectivity index (χ3v) is 2.91. The number of benzene rings is 1. The fraction of sp³-hybridized carbons (Fsp3) is 0.357. The molecule has 1 aromatic heterocycles. The highest BCUT2D eigenvalue weighted by molar-refractivity contribution is 5.39. The summed E-state index contributed by atoms with van der Waals surface area (Å²) in [6.45, 7) is 4.22. The van der Waals surface area contributed by atoms with Crippen LogP contribution in [0, 0.1) is 6.92 Å². The Bertz CT molecular complexity index is 483. The molecule has 0 saturated heterocycles. The summed E-state index contributed by atoms with van der Waals surface area (Å²) >= 11 is 0. The fourth-order valence-corrected chi connectivity index (χ4v) is 1.94. The Kier molecular flexibility index (Phi) is 3.47. The van der Waals surface area contributed by atoms with Crippen LogP contribution in [0.15, 0.2) is 30.3 Å². The normalized spacial score (nSPS) is 10.7. The van der Waals surface area contributed by atoms with Gasteiger partial charge in [0.25, 0.3) is 0 Å². The van der Waals surface area contributed by atoms with E-state index in [0.29, 0.717) is 5.82 Å². The highest BCUT2D eigenvalue weighted by Crippen LogP contribution is 2.15. The molecule has 1 aromatic carbocycles. The molecule has 0 amide bonds. The van der Waals surface area contributed by atoms with Crippen LogP contribution in [0.2, 0.25) is 0 Å². The van der Waals surface area contributed by atoms with Crippen LogP contribution in [0.4, 0.5) is 5.82 Å². The second kappa shape index (κ2) is 5.04. The van der Waals surface area contributed by atoms with Crippen LogP contribution >= 0.6 is 0 Å². The molecule has 2 N–H and O–H groups in total. The molecule has 17 heavy (non-hydrogen) atoms. The maximum absolute atomic E-state index is 5.68. The van der Waals surface area contributed by atoms with Crippen molar-refractivity contribution in [1.29, 1.82) is 0 Å². The van der Waals surface area contributed by atoms with Gasteiger partial charge in [-0.1, -0.05) is 25.5 Å². The average Bonchev–Trinajstić information content (AvgIpc) is 2.66. The van der Waals surface area contributed by atoms with E-state index in [-0.39, 0.29) is 0 Å². The SMILES string of the molecule is CCCCc1ccc(-n2nc(N)cc2C)cc1. The first kappa shape index (κ1) is 11.7. The lowest BCUT2D eigenvalue weighted by atomic mass is 10.1. The van der Waals surface area contributed by atoms with E-state index in [1.54, 1.807) is 0 Å². The topological polar surface area (TPSA) is 43.8 Å². The molecule has 3 heteroatoms. The summed E-state index contributed by atoms with van der Waals surface area (Å²) in [4.78, 5) is 0. The zero-order valence-corrected chi connectivity index (χ0v) is 10.5. The van der Waals surface area contributed by atoms with Crippen LogP contribution < -0.4 is 5.73 Å². The number of anilines is 1. The van der Waals surface area contributed by atoms with Crippen molar-refractivity contribution in [2.45, 2.75) is 33.1 Å². The maximum atomic E-state index is 5.68. The van der Waals surface area contributed by atoms with Crippen LogP contribution in [-0.4, -0.2) is 9.78 Å². The third-order valence-electron chi connectivity index (χ3n) is 2.91. The fourth-order valence-electron chi connectivity index (χ4n) is 1.94. The maximum Gasteiger partial charge on any atom is 0.146 e. The van der Waals surface area contributed by atoms with Gasteiger partial charge in [0.1, 0.15) is 5.82 Å². The minimum Gasteiger partial charge on any atom is -0.382 e. The van der Waals surface area contributed by atoms with Gasteiger partial charge >= 0.3 is 0 Å². The molecule has 0 aliphatic heterocycles. The molecule has 0 fully saturated rings. The molecule has 2 aromatic rings. The summed E-state index contributed by atoms with van der Waals surface area (Å²) in [7, 11) is 0. The molecule has 3 nitrogen and oxygen atoms in total. The monoisotopic (exact) mass is 229 g/mol. The molecule has 0 radical (unpaired) electrons. The highest BCUT2D eigenvalue weighted by Gasteiger charge is 2.03. The van der Waals surface area contributed by atoms with Gasteiger partial charge < -0.3 is 5.73 Å². The van der Waals surface area contributed by atoms with E-state index in [1.807, 2.05) is 17.7 Å². The molecule has 0 bridgehead atoms. The minimum absolute atomic E-state index is 0.567. The van der Waals surface area contributed by atoms with E-state index >= 15 is 0 Å². The number of aryl methyl sites for hydroxylation is 2.